The van der Waals surface area contributed by atoms with Crippen molar-refractivity contribution < 1.29 is 23.9 Å². The maximum Gasteiger partial charge on any atom is 0.409 e. The van der Waals surface area contributed by atoms with Crippen molar-refractivity contribution in [1.82, 2.24) is 9.88 Å². The third kappa shape index (κ3) is 4.44. The van der Waals surface area contributed by atoms with Crippen LogP contribution in [0.4, 0.5) is 10.5 Å². The number of amides is 2. The molecule has 1 unspecified atom stereocenters. The van der Waals surface area contributed by atoms with E-state index in [2.05, 4.69) is 9.72 Å². The fourth-order valence-corrected chi connectivity index (χ4v) is 6.24. The summed E-state index contributed by atoms with van der Waals surface area (Å²) in [5, 5.41) is 1.28. The third-order valence-corrected chi connectivity index (χ3v) is 8.16. The first-order chi connectivity index (χ1) is 15.3. The Hall–Kier alpha value is -2.30. The summed E-state index contributed by atoms with van der Waals surface area (Å²) in [6.07, 6.45) is 2.19. The van der Waals surface area contributed by atoms with E-state index in [0.29, 0.717) is 29.7 Å². The second kappa shape index (κ2) is 9.29. The number of halogens is 1. The molecule has 3 heterocycles. The Balaban J connectivity index is 1.51. The Morgan fingerprint density at radius 1 is 1.25 bits per heavy atom. The molecule has 4 rings (SSSR count). The highest BCUT2D eigenvalue weighted by atomic mass is 35.5. The molecule has 2 aliphatic rings. The van der Waals surface area contributed by atoms with Gasteiger partial charge in [0, 0.05) is 35.8 Å². The summed E-state index contributed by atoms with van der Waals surface area (Å²) in [6.45, 7) is 1.51. The zero-order valence-corrected chi connectivity index (χ0v) is 20.0. The Morgan fingerprint density at radius 2 is 2.06 bits per heavy atom. The quantitative estimate of drug-likeness (QED) is 0.464. The Bertz CT molecular complexity index is 1060. The first-order valence-electron chi connectivity index (χ1n) is 9.93. The molecule has 2 aliphatic heterocycles. The van der Waals surface area contributed by atoms with Crippen molar-refractivity contribution in [1.29, 1.82) is 0 Å². The Morgan fingerprint density at radius 3 is 2.81 bits per heavy atom. The molecule has 1 fully saturated rings. The number of anilines is 1. The van der Waals surface area contributed by atoms with E-state index in [1.165, 1.54) is 37.3 Å². The van der Waals surface area contributed by atoms with E-state index in [4.69, 9.17) is 16.3 Å². The minimum absolute atomic E-state index is 0.0687. The molecule has 1 saturated heterocycles. The zero-order valence-electron chi connectivity index (χ0n) is 17.6. The third-order valence-electron chi connectivity index (χ3n) is 5.76. The number of benzene rings is 1. The molecule has 0 saturated carbocycles. The highest BCUT2D eigenvalue weighted by Crippen LogP contribution is 2.47. The lowest BCUT2D eigenvalue weighted by Crippen LogP contribution is -2.40. The van der Waals surface area contributed by atoms with Gasteiger partial charge in [0.1, 0.15) is 5.01 Å². The topological polar surface area (TPSA) is 89.0 Å². The highest BCUT2D eigenvalue weighted by Gasteiger charge is 2.50. The first kappa shape index (κ1) is 22.9. The molecule has 0 N–H and O–H groups in total. The van der Waals surface area contributed by atoms with Crippen LogP contribution in [0.15, 0.2) is 28.6 Å². The maximum absolute atomic E-state index is 13.3. The molecule has 1 aromatic carbocycles. The number of hydrogen-bond acceptors (Lipinski definition) is 8. The van der Waals surface area contributed by atoms with Gasteiger partial charge in [-0.1, -0.05) is 11.6 Å². The number of hydrogen-bond donors (Lipinski definition) is 0. The normalized spacial score (nSPS) is 19.3. The minimum Gasteiger partial charge on any atom is -0.468 e. The molecule has 170 valence electrons. The molecule has 2 aromatic rings. The van der Waals surface area contributed by atoms with Crippen LogP contribution in [0, 0.1) is 0 Å². The summed E-state index contributed by atoms with van der Waals surface area (Å²) >= 11 is 9.01. The molecule has 0 radical (unpaired) electrons. The van der Waals surface area contributed by atoms with Crippen molar-refractivity contribution >= 4 is 58.4 Å². The van der Waals surface area contributed by atoms with Gasteiger partial charge in [-0.3, -0.25) is 9.59 Å². The van der Waals surface area contributed by atoms with Gasteiger partial charge in [-0.25, -0.2) is 9.78 Å². The van der Waals surface area contributed by atoms with Gasteiger partial charge >= 0.3 is 12.1 Å². The van der Waals surface area contributed by atoms with Gasteiger partial charge in [0.25, 0.3) is 0 Å². The number of carbonyl (C=O) groups excluding carboxylic acids is 3. The van der Waals surface area contributed by atoms with E-state index in [1.54, 1.807) is 22.1 Å². The molecule has 0 aliphatic carbocycles. The fourth-order valence-electron chi connectivity index (χ4n) is 4.23. The lowest BCUT2D eigenvalue weighted by molar-refractivity contribution is -0.137. The predicted molar refractivity (Wildman–Crippen MR) is 123 cm³/mol. The highest BCUT2D eigenvalue weighted by molar-refractivity contribution is 8.01. The van der Waals surface area contributed by atoms with Gasteiger partial charge in [0.2, 0.25) is 5.91 Å². The van der Waals surface area contributed by atoms with Gasteiger partial charge in [-0.05, 0) is 30.2 Å². The van der Waals surface area contributed by atoms with Crippen LogP contribution in [0.1, 0.15) is 17.0 Å². The van der Waals surface area contributed by atoms with Crippen LogP contribution < -0.4 is 4.90 Å². The lowest BCUT2D eigenvalue weighted by Gasteiger charge is -2.25. The smallest absolute Gasteiger partial charge is 0.409 e. The number of thiazole rings is 1. The molecule has 0 bridgehead atoms. The number of esters is 1. The van der Waals surface area contributed by atoms with E-state index < -0.39 is 0 Å². The van der Waals surface area contributed by atoms with Crippen molar-refractivity contribution in [2.24, 2.45) is 0 Å². The molecule has 1 aromatic heterocycles. The van der Waals surface area contributed by atoms with E-state index in [-0.39, 0.29) is 35.6 Å². The Kier molecular flexibility index (Phi) is 6.64. The van der Waals surface area contributed by atoms with Gasteiger partial charge in [-0.2, -0.15) is 0 Å². The summed E-state index contributed by atoms with van der Waals surface area (Å²) < 4.78 is 10.4. The molecular weight excluding hydrogens is 474 g/mol. The average molecular weight is 496 g/mol. The molecule has 2 amide bonds. The van der Waals surface area contributed by atoms with Crippen molar-refractivity contribution in [2.45, 2.75) is 22.5 Å². The SMILES string of the molecule is COC(=O)CSc1cnc(CC(=O)N2CC3(CCN(C(=O)OC)C3)c3cc(Cl)ccc32)s1. The number of rotatable bonds is 5. The molecule has 11 heteroatoms. The largest absolute Gasteiger partial charge is 0.468 e. The van der Waals surface area contributed by atoms with Gasteiger partial charge in [-0.15, -0.1) is 23.1 Å². The lowest BCUT2D eigenvalue weighted by atomic mass is 9.81. The summed E-state index contributed by atoms with van der Waals surface area (Å²) in [4.78, 5) is 44.5. The van der Waals surface area contributed by atoms with Crippen LogP contribution in [0.5, 0.6) is 0 Å². The number of nitrogens with zero attached hydrogens (tertiary/aromatic N) is 3. The zero-order chi connectivity index (χ0) is 22.9. The summed E-state index contributed by atoms with van der Waals surface area (Å²) in [6, 6.07) is 5.54. The second-order valence-electron chi connectivity index (χ2n) is 7.68. The second-order valence-corrected chi connectivity index (χ2v) is 10.5. The van der Waals surface area contributed by atoms with E-state index in [1.807, 2.05) is 12.1 Å². The van der Waals surface area contributed by atoms with Crippen LogP contribution >= 0.6 is 34.7 Å². The number of likely N-dealkylation sites (tertiary alicyclic amines) is 1. The number of thioether (sulfide) groups is 1. The van der Waals surface area contributed by atoms with Crippen molar-refractivity contribution in [2.75, 3.05) is 44.5 Å². The molecule has 1 spiro atoms. The van der Waals surface area contributed by atoms with Crippen LogP contribution in [-0.4, -0.2) is 67.5 Å². The first-order valence-corrected chi connectivity index (χ1v) is 12.1. The number of methoxy groups -OCH3 is 2. The monoisotopic (exact) mass is 495 g/mol. The summed E-state index contributed by atoms with van der Waals surface area (Å²) in [7, 11) is 2.72. The van der Waals surface area contributed by atoms with Gasteiger partial charge in [0.05, 0.1) is 36.8 Å². The van der Waals surface area contributed by atoms with Crippen molar-refractivity contribution in [3.8, 4) is 0 Å². The van der Waals surface area contributed by atoms with Crippen molar-refractivity contribution in [3.05, 3.63) is 40.0 Å². The maximum atomic E-state index is 13.3. The number of aromatic nitrogens is 1. The fraction of sp³-hybridized carbons (Fsp3) is 0.429. The van der Waals surface area contributed by atoms with Crippen LogP contribution in [0.2, 0.25) is 5.02 Å². The Labute approximate surface area is 198 Å². The van der Waals surface area contributed by atoms with Crippen LogP contribution in [-0.2, 0) is 30.9 Å². The summed E-state index contributed by atoms with van der Waals surface area (Å²) in [5.74, 6) is -0.178. The number of ether oxygens (including phenoxy) is 2. The molecule has 32 heavy (non-hydrogen) atoms. The number of carbonyl (C=O) groups is 3. The molecular formula is C21H22ClN3O5S2. The van der Waals surface area contributed by atoms with Gasteiger partial charge in [0.15, 0.2) is 0 Å². The van der Waals surface area contributed by atoms with Gasteiger partial charge < -0.3 is 19.3 Å². The van der Waals surface area contributed by atoms with Crippen molar-refractivity contribution in [3.63, 3.8) is 0 Å². The number of fused-ring (bicyclic) bond motifs is 2. The van der Waals surface area contributed by atoms with Crippen LogP contribution in [0.3, 0.4) is 0 Å². The molecule has 1 atom stereocenters. The summed E-state index contributed by atoms with van der Waals surface area (Å²) in [5.41, 5.74) is 1.44. The standard InChI is InChI=1S/C21H22ClN3O5S2/c1-29-18(27)10-31-19-9-23-16(32-19)8-17(26)25-12-21(5-6-24(11-21)20(28)30-2)14-7-13(22)3-4-15(14)25/h3-4,7,9H,5-6,8,10-12H2,1-2H3. The van der Waals surface area contributed by atoms with E-state index in [9.17, 15) is 14.4 Å². The van der Waals surface area contributed by atoms with Crippen LogP contribution in [0.25, 0.3) is 0 Å². The van der Waals surface area contributed by atoms with E-state index >= 15 is 0 Å². The average Bonchev–Trinajstić information content (AvgIpc) is 3.50. The van der Waals surface area contributed by atoms with E-state index in [0.717, 1.165) is 21.9 Å². The molecule has 8 nitrogen and oxygen atoms in total. The minimum atomic E-state index is -0.367. The predicted octanol–water partition coefficient (Wildman–Crippen LogP) is 3.36.